The Morgan fingerprint density at radius 1 is 1.09 bits per heavy atom. The summed E-state index contributed by atoms with van der Waals surface area (Å²) in [6.45, 7) is 0. The summed E-state index contributed by atoms with van der Waals surface area (Å²) in [7, 11) is 2.97. The van der Waals surface area contributed by atoms with Crippen molar-refractivity contribution in [3.63, 3.8) is 0 Å². The molecule has 0 radical (unpaired) electrons. The van der Waals surface area contributed by atoms with E-state index in [0.717, 1.165) is 17.7 Å². The smallest absolute Gasteiger partial charge is 0.257 e. The molecule has 1 amide bonds. The molecule has 5 nitrogen and oxygen atoms in total. The van der Waals surface area contributed by atoms with Crippen LogP contribution in [-0.2, 0) is 13.5 Å². The van der Waals surface area contributed by atoms with E-state index in [4.69, 9.17) is 4.74 Å². The lowest BCUT2D eigenvalue weighted by molar-refractivity contribution is 0.0637. The van der Waals surface area contributed by atoms with Crippen molar-refractivity contribution in [2.45, 2.75) is 31.3 Å². The van der Waals surface area contributed by atoms with Gasteiger partial charge in [0.25, 0.3) is 5.91 Å². The maximum atomic E-state index is 14.8. The number of carbonyl (C=O) groups excluding carboxylic acids is 1. The molecule has 2 atom stereocenters. The van der Waals surface area contributed by atoms with Gasteiger partial charge in [0.15, 0.2) is 29.0 Å². The number of aromatic nitrogens is 2. The van der Waals surface area contributed by atoms with Crippen LogP contribution in [0.2, 0.25) is 0 Å². The minimum atomic E-state index is -1.53. The highest BCUT2D eigenvalue weighted by Gasteiger charge is 2.46. The average molecular weight is 445 g/mol. The molecule has 32 heavy (non-hydrogen) atoms. The summed E-state index contributed by atoms with van der Waals surface area (Å²) in [5.74, 6) is -5.27. The molecule has 0 saturated carbocycles. The molecule has 3 heterocycles. The molecular weight excluding hydrogens is 426 g/mol. The number of hydrogen-bond donors (Lipinski definition) is 0. The normalized spacial score (nSPS) is 19.2. The molecule has 1 saturated heterocycles. The van der Waals surface area contributed by atoms with Crippen LogP contribution in [0.4, 0.5) is 17.6 Å². The second kappa shape index (κ2) is 7.36. The maximum Gasteiger partial charge on any atom is 0.257 e. The number of rotatable bonds is 3. The quantitative estimate of drug-likeness (QED) is 0.439. The number of benzene rings is 2. The summed E-state index contributed by atoms with van der Waals surface area (Å²) < 4.78 is 62.4. The van der Waals surface area contributed by atoms with Gasteiger partial charge in [0, 0.05) is 24.2 Å². The zero-order valence-electron chi connectivity index (χ0n) is 17.3. The van der Waals surface area contributed by atoms with Gasteiger partial charge in [0.1, 0.15) is 0 Å². The van der Waals surface area contributed by atoms with Crippen LogP contribution >= 0.6 is 0 Å². The SMILES string of the molecule is COc1cccc(C(=O)N2C3CCC2c2nn(C)c(-c4cc(F)c(F)c(F)c4)c2C3)c1F. The van der Waals surface area contributed by atoms with Gasteiger partial charge in [0.05, 0.1) is 30.1 Å². The van der Waals surface area contributed by atoms with Crippen LogP contribution in [0.25, 0.3) is 11.3 Å². The molecule has 9 heteroatoms. The summed E-state index contributed by atoms with van der Waals surface area (Å²) in [6.07, 6.45) is 1.72. The van der Waals surface area contributed by atoms with Crippen molar-refractivity contribution < 1.29 is 27.1 Å². The molecule has 2 unspecified atom stereocenters. The number of fused-ring (bicyclic) bond motifs is 4. The van der Waals surface area contributed by atoms with Crippen LogP contribution in [0.15, 0.2) is 30.3 Å². The highest BCUT2D eigenvalue weighted by atomic mass is 19.2. The minimum absolute atomic E-state index is 0.0126. The van der Waals surface area contributed by atoms with Crippen molar-refractivity contribution in [2.75, 3.05) is 7.11 Å². The van der Waals surface area contributed by atoms with Crippen LogP contribution in [0.3, 0.4) is 0 Å². The van der Waals surface area contributed by atoms with Crippen molar-refractivity contribution in [1.29, 1.82) is 0 Å². The van der Waals surface area contributed by atoms with E-state index in [1.54, 1.807) is 18.0 Å². The molecule has 0 N–H and O–H groups in total. The highest BCUT2D eigenvalue weighted by molar-refractivity contribution is 5.96. The molecule has 1 fully saturated rings. The van der Waals surface area contributed by atoms with Gasteiger partial charge >= 0.3 is 0 Å². The van der Waals surface area contributed by atoms with Crippen molar-refractivity contribution in [1.82, 2.24) is 14.7 Å². The van der Waals surface area contributed by atoms with Crippen molar-refractivity contribution in [2.24, 2.45) is 7.05 Å². The standard InChI is InChI=1S/C23H19F4N3O2/c1-29-22(11-8-15(24)20(27)16(25)9-11)14-10-12-6-7-17(21(14)28-29)30(12)23(31)13-4-3-5-18(32-2)19(13)26/h3-5,8-9,12,17H,6-7,10H2,1-2H3. The lowest BCUT2D eigenvalue weighted by Crippen LogP contribution is -2.42. The van der Waals surface area contributed by atoms with Crippen LogP contribution in [0.1, 0.15) is 40.5 Å². The summed E-state index contributed by atoms with van der Waals surface area (Å²) in [5, 5.41) is 4.54. The number of amides is 1. The number of ether oxygens (including phenoxy) is 1. The van der Waals surface area contributed by atoms with Gasteiger partial charge in [-0.05, 0) is 43.5 Å². The lowest BCUT2D eigenvalue weighted by Gasteiger charge is -2.34. The highest BCUT2D eigenvalue weighted by Crippen LogP contribution is 2.47. The van der Waals surface area contributed by atoms with E-state index >= 15 is 0 Å². The third-order valence-corrected chi connectivity index (χ3v) is 6.34. The van der Waals surface area contributed by atoms with Gasteiger partial charge in [-0.2, -0.15) is 5.10 Å². The zero-order chi connectivity index (χ0) is 22.7. The van der Waals surface area contributed by atoms with Crippen molar-refractivity contribution in [3.05, 3.63) is 70.4 Å². The first kappa shape index (κ1) is 20.5. The molecule has 5 rings (SSSR count). The Hall–Kier alpha value is -3.36. The fraction of sp³-hybridized carbons (Fsp3) is 0.304. The van der Waals surface area contributed by atoms with Crippen molar-refractivity contribution >= 4 is 5.91 Å². The Bertz CT molecular complexity index is 1230. The Morgan fingerprint density at radius 2 is 1.81 bits per heavy atom. The predicted octanol–water partition coefficient (Wildman–Crippen LogP) is 4.55. The molecule has 0 aliphatic carbocycles. The number of halogens is 4. The lowest BCUT2D eigenvalue weighted by atomic mass is 9.94. The van der Waals surface area contributed by atoms with Gasteiger partial charge in [-0.3, -0.25) is 9.48 Å². The molecular formula is C23H19F4N3O2. The predicted molar refractivity (Wildman–Crippen MR) is 107 cm³/mol. The second-order valence-corrected chi connectivity index (χ2v) is 8.08. The summed E-state index contributed by atoms with van der Waals surface area (Å²) >= 11 is 0. The summed E-state index contributed by atoms with van der Waals surface area (Å²) in [6, 6.07) is 5.70. The number of nitrogens with zero attached hydrogens (tertiary/aromatic N) is 3. The largest absolute Gasteiger partial charge is 0.494 e. The number of aryl methyl sites for hydroxylation is 1. The van der Waals surface area contributed by atoms with E-state index in [1.165, 1.54) is 23.9 Å². The topological polar surface area (TPSA) is 47.4 Å². The second-order valence-electron chi connectivity index (χ2n) is 8.08. The summed E-state index contributed by atoms with van der Waals surface area (Å²) in [5.41, 5.74) is 1.95. The van der Waals surface area contributed by atoms with Gasteiger partial charge in [0.2, 0.25) is 0 Å². The van der Waals surface area contributed by atoms with E-state index in [-0.39, 0.29) is 22.9 Å². The van der Waals surface area contributed by atoms with Crippen LogP contribution in [0.5, 0.6) is 5.75 Å². The third kappa shape index (κ3) is 2.91. The minimum Gasteiger partial charge on any atom is -0.494 e. The monoisotopic (exact) mass is 445 g/mol. The number of carbonyl (C=O) groups is 1. The van der Waals surface area contributed by atoms with E-state index in [0.29, 0.717) is 30.7 Å². The Labute approximate surface area is 181 Å². The molecule has 2 bridgehead atoms. The molecule has 2 aromatic carbocycles. The van der Waals surface area contributed by atoms with Crippen LogP contribution in [0, 0.1) is 23.3 Å². The maximum absolute atomic E-state index is 14.8. The van der Waals surface area contributed by atoms with Gasteiger partial charge < -0.3 is 9.64 Å². The first-order valence-corrected chi connectivity index (χ1v) is 10.2. The fourth-order valence-electron chi connectivity index (χ4n) is 4.98. The van der Waals surface area contributed by atoms with E-state index in [2.05, 4.69) is 5.10 Å². The van der Waals surface area contributed by atoms with Crippen LogP contribution in [-0.4, -0.2) is 33.7 Å². The molecule has 0 spiro atoms. The van der Waals surface area contributed by atoms with Gasteiger partial charge in [-0.25, -0.2) is 17.6 Å². The molecule has 1 aromatic heterocycles. The average Bonchev–Trinajstić information content (AvgIpc) is 3.27. The van der Waals surface area contributed by atoms with Gasteiger partial charge in [-0.15, -0.1) is 0 Å². The third-order valence-electron chi connectivity index (χ3n) is 6.34. The first-order valence-electron chi connectivity index (χ1n) is 10.2. The zero-order valence-corrected chi connectivity index (χ0v) is 17.3. The summed E-state index contributed by atoms with van der Waals surface area (Å²) in [4.78, 5) is 14.9. The fourth-order valence-corrected chi connectivity index (χ4v) is 4.98. The molecule has 3 aromatic rings. The van der Waals surface area contributed by atoms with E-state index in [1.807, 2.05) is 0 Å². The molecule has 166 valence electrons. The number of methoxy groups -OCH3 is 1. The van der Waals surface area contributed by atoms with E-state index < -0.39 is 35.2 Å². The Kier molecular flexibility index (Phi) is 4.72. The number of hydrogen-bond acceptors (Lipinski definition) is 3. The molecule has 2 aliphatic rings. The molecule has 2 aliphatic heterocycles. The first-order chi connectivity index (χ1) is 15.3. The van der Waals surface area contributed by atoms with Crippen LogP contribution < -0.4 is 4.74 Å². The van der Waals surface area contributed by atoms with E-state index in [9.17, 15) is 22.4 Å². The Balaban J connectivity index is 1.57. The Morgan fingerprint density at radius 3 is 2.50 bits per heavy atom. The van der Waals surface area contributed by atoms with Crippen molar-refractivity contribution in [3.8, 4) is 17.0 Å². The van der Waals surface area contributed by atoms with Gasteiger partial charge in [-0.1, -0.05) is 6.07 Å².